The Bertz CT molecular complexity index is 361. The van der Waals surface area contributed by atoms with Crippen LogP contribution < -0.4 is 11.5 Å². The van der Waals surface area contributed by atoms with Crippen molar-refractivity contribution in [2.75, 3.05) is 6.61 Å². The van der Waals surface area contributed by atoms with Crippen molar-refractivity contribution in [2.45, 2.75) is 122 Å². The van der Waals surface area contributed by atoms with E-state index in [9.17, 15) is 9.59 Å². The van der Waals surface area contributed by atoms with Gasteiger partial charge in [0.05, 0.1) is 13.0 Å². The second-order valence-electron chi connectivity index (χ2n) is 7.75. The average Bonchev–Trinajstić information content (AvgIpc) is 2.63. The lowest BCUT2D eigenvalue weighted by Gasteiger charge is -2.09. The number of ether oxygens (including phenoxy) is 1. The molecule has 0 radical (unpaired) electrons. The van der Waals surface area contributed by atoms with Gasteiger partial charge in [0.15, 0.2) is 0 Å². The highest BCUT2D eigenvalue weighted by molar-refractivity contribution is 5.84. The zero-order valence-electron chi connectivity index (χ0n) is 17.7. The fourth-order valence-electron chi connectivity index (χ4n) is 3.23. The summed E-state index contributed by atoms with van der Waals surface area (Å²) in [6.07, 6.45) is 20.8. The zero-order chi connectivity index (χ0) is 20.2. The molecule has 0 spiro atoms. The van der Waals surface area contributed by atoms with E-state index in [1.807, 2.05) is 0 Å². The molecule has 4 N–H and O–H groups in total. The number of hydrogen-bond donors (Lipinski definition) is 2. The Kier molecular flexibility index (Phi) is 18.9. The molecule has 0 aliphatic heterocycles. The first-order chi connectivity index (χ1) is 13.1. The monoisotopic (exact) mass is 384 g/mol. The Labute approximate surface area is 167 Å². The lowest BCUT2D eigenvalue weighted by atomic mass is 10.0. The van der Waals surface area contributed by atoms with Crippen LogP contribution in [0, 0.1) is 0 Å². The van der Waals surface area contributed by atoms with E-state index in [4.69, 9.17) is 16.2 Å². The third kappa shape index (κ3) is 19.5. The van der Waals surface area contributed by atoms with Crippen molar-refractivity contribution in [3.05, 3.63) is 0 Å². The molecular weight excluding hydrogens is 340 g/mol. The van der Waals surface area contributed by atoms with E-state index in [-0.39, 0.29) is 6.42 Å². The van der Waals surface area contributed by atoms with E-state index in [2.05, 4.69) is 6.92 Å². The van der Waals surface area contributed by atoms with Gasteiger partial charge in [0.25, 0.3) is 0 Å². The van der Waals surface area contributed by atoms with E-state index in [0.29, 0.717) is 6.61 Å². The highest BCUT2D eigenvalue weighted by Gasteiger charge is 2.16. The maximum atomic E-state index is 11.5. The largest absolute Gasteiger partial charge is 0.465 e. The van der Waals surface area contributed by atoms with Crippen LogP contribution in [-0.2, 0) is 14.3 Å². The van der Waals surface area contributed by atoms with E-state index < -0.39 is 17.9 Å². The molecule has 27 heavy (non-hydrogen) atoms. The van der Waals surface area contributed by atoms with Crippen molar-refractivity contribution >= 4 is 11.9 Å². The molecule has 0 heterocycles. The summed E-state index contributed by atoms with van der Waals surface area (Å²) >= 11 is 0. The summed E-state index contributed by atoms with van der Waals surface area (Å²) in [6.45, 7) is 2.65. The van der Waals surface area contributed by atoms with E-state index in [1.165, 1.54) is 89.9 Å². The molecule has 5 heteroatoms. The predicted octanol–water partition coefficient (Wildman–Crippen LogP) is 4.99. The third-order valence-corrected chi connectivity index (χ3v) is 4.97. The van der Waals surface area contributed by atoms with E-state index >= 15 is 0 Å². The highest BCUT2D eigenvalue weighted by atomic mass is 16.5. The van der Waals surface area contributed by atoms with Crippen LogP contribution in [0.25, 0.3) is 0 Å². The zero-order valence-corrected chi connectivity index (χ0v) is 17.7. The summed E-state index contributed by atoms with van der Waals surface area (Å²) in [4.78, 5) is 22.2. The summed E-state index contributed by atoms with van der Waals surface area (Å²) in [7, 11) is 0. The summed E-state index contributed by atoms with van der Waals surface area (Å²) in [5.74, 6) is -1.11. The quantitative estimate of drug-likeness (QED) is 0.228. The van der Waals surface area contributed by atoms with Gasteiger partial charge in [-0.3, -0.25) is 9.59 Å². The molecule has 0 fully saturated rings. The van der Waals surface area contributed by atoms with Gasteiger partial charge in [0.1, 0.15) is 6.04 Å². The molecule has 0 bridgehead atoms. The molecule has 0 unspecified atom stereocenters. The van der Waals surface area contributed by atoms with Gasteiger partial charge in [-0.1, -0.05) is 103 Å². The van der Waals surface area contributed by atoms with E-state index in [0.717, 1.165) is 12.8 Å². The molecule has 0 rings (SSSR count). The molecule has 0 saturated carbocycles. The number of nitrogens with two attached hydrogens (primary N) is 2. The van der Waals surface area contributed by atoms with Crippen LogP contribution in [0.4, 0.5) is 0 Å². The van der Waals surface area contributed by atoms with Gasteiger partial charge in [-0.05, 0) is 6.42 Å². The number of carbonyl (C=O) groups is 2. The molecule has 1 amide bonds. The molecule has 0 aromatic heterocycles. The lowest BCUT2D eigenvalue weighted by molar-refractivity contribution is -0.146. The Balaban J connectivity index is 3.19. The van der Waals surface area contributed by atoms with Gasteiger partial charge in [-0.2, -0.15) is 0 Å². The Hall–Kier alpha value is -1.10. The Morgan fingerprint density at radius 2 is 1.07 bits per heavy atom. The first kappa shape index (κ1) is 25.9. The fourth-order valence-corrected chi connectivity index (χ4v) is 3.23. The van der Waals surface area contributed by atoms with Gasteiger partial charge in [0.2, 0.25) is 5.91 Å². The number of rotatable bonds is 20. The van der Waals surface area contributed by atoms with Crippen LogP contribution in [0.2, 0.25) is 0 Å². The van der Waals surface area contributed by atoms with Crippen LogP contribution in [-0.4, -0.2) is 24.5 Å². The minimum Gasteiger partial charge on any atom is -0.465 e. The second-order valence-corrected chi connectivity index (χ2v) is 7.75. The van der Waals surface area contributed by atoms with Gasteiger partial charge in [0, 0.05) is 0 Å². The van der Waals surface area contributed by atoms with Gasteiger partial charge < -0.3 is 16.2 Å². The van der Waals surface area contributed by atoms with Crippen LogP contribution in [0.15, 0.2) is 0 Å². The molecule has 5 nitrogen and oxygen atoms in total. The van der Waals surface area contributed by atoms with Crippen molar-refractivity contribution in [3.63, 3.8) is 0 Å². The topological polar surface area (TPSA) is 95.4 Å². The molecular formula is C22H44N2O3. The van der Waals surface area contributed by atoms with Crippen LogP contribution in [0.5, 0.6) is 0 Å². The van der Waals surface area contributed by atoms with Crippen molar-refractivity contribution in [3.8, 4) is 0 Å². The minimum absolute atomic E-state index is 0.155. The first-order valence-electron chi connectivity index (χ1n) is 11.3. The number of esters is 1. The maximum Gasteiger partial charge on any atom is 0.323 e. The fraction of sp³-hybridized carbons (Fsp3) is 0.909. The highest BCUT2D eigenvalue weighted by Crippen LogP contribution is 2.13. The van der Waals surface area contributed by atoms with Crippen LogP contribution >= 0.6 is 0 Å². The molecule has 160 valence electrons. The summed E-state index contributed by atoms with van der Waals surface area (Å²) in [5.41, 5.74) is 10.5. The molecule has 0 saturated heterocycles. The van der Waals surface area contributed by atoms with Crippen molar-refractivity contribution in [1.29, 1.82) is 0 Å². The van der Waals surface area contributed by atoms with Crippen molar-refractivity contribution in [2.24, 2.45) is 11.5 Å². The van der Waals surface area contributed by atoms with Gasteiger partial charge in [-0.15, -0.1) is 0 Å². The Morgan fingerprint density at radius 3 is 1.44 bits per heavy atom. The standard InChI is InChI=1S/C22H44N2O3/c1-2-3-4-5-6-7-8-9-10-11-12-13-14-15-16-17-18-27-22(26)20(23)19-21(24)25/h20H,2-19,23H2,1H3,(H2,24,25)/t20-/m0/s1. The average molecular weight is 385 g/mol. The number of hydrogen-bond acceptors (Lipinski definition) is 4. The smallest absolute Gasteiger partial charge is 0.323 e. The number of primary amides is 1. The summed E-state index contributed by atoms with van der Waals surface area (Å²) in [6, 6.07) is -0.927. The lowest BCUT2D eigenvalue weighted by Crippen LogP contribution is -2.36. The third-order valence-electron chi connectivity index (χ3n) is 4.97. The van der Waals surface area contributed by atoms with E-state index in [1.54, 1.807) is 0 Å². The van der Waals surface area contributed by atoms with Gasteiger partial charge in [-0.25, -0.2) is 0 Å². The summed E-state index contributed by atoms with van der Waals surface area (Å²) in [5, 5.41) is 0. The van der Waals surface area contributed by atoms with Gasteiger partial charge >= 0.3 is 5.97 Å². The number of unbranched alkanes of at least 4 members (excludes halogenated alkanes) is 15. The Morgan fingerprint density at radius 1 is 0.704 bits per heavy atom. The van der Waals surface area contributed by atoms with Crippen molar-refractivity contribution in [1.82, 2.24) is 0 Å². The van der Waals surface area contributed by atoms with Crippen LogP contribution in [0.1, 0.15) is 116 Å². The number of carbonyl (C=O) groups excluding carboxylic acids is 2. The minimum atomic E-state index is -0.927. The molecule has 0 aromatic carbocycles. The van der Waals surface area contributed by atoms with Crippen LogP contribution in [0.3, 0.4) is 0 Å². The van der Waals surface area contributed by atoms with Crippen molar-refractivity contribution < 1.29 is 14.3 Å². The normalized spacial score (nSPS) is 12.1. The second kappa shape index (κ2) is 19.7. The molecule has 1 atom stereocenters. The number of amides is 1. The molecule has 0 aliphatic rings. The maximum absolute atomic E-state index is 11.5. The predicted molar refractivity (Wildman–Crippen MR) is 112 cm³/mol. The SMILES string of the molecule is CCCCCCCCCCCCCCCCCCOC(=O)[C@@H](N)CC(N)=O. The molecule has 0 aromatic rings. The summed E-state index contributed by atoms with van der Waals surface area (Å²) < 4.78 is 5.05. The molecule has 0 aliphatic carbocycles. The first-order valence-corrected chi connectivity index (χ1v) is 11.3.